The van der Waals surface area contributed by atoms with Crippen molar-refractivity contribution in [2.45, 2.75) is 25.4 Å². The van der Waals surface area contributed by atoms with Crippen LogP contribution in [0.1, 0.15) is 33.5 Å². The molecule has 2 aromatic rings. The van der Waals surface area contributed by atoms with Crippen molar-refractivity contribution in [2.75, 3.05) is 26.2 Å². The van der Waals surface area contributed by atoms with E-state index in [0.29, 0.717) is 43.6 Å². The first-order valence-electron chi connectivity index (χ1n) is 9.49. The molecule has 2 heterocycles. The highest BCUT2D eigenvalue weighted by Gasteiger charge is 2.44. The SMILES string of the molecule is Cc1ccc(Cc2ccccc2C(=O)N2CCC3(CNC(=O)CO3)C2)cc1F. The number of amides is 2. The minimum absolute atomic E-state index is 0.0393. The molecule has 1 spiro atoms. The van der Waals surface area contributed by atoms with Crippen molar-refractivity contribution in [3.05, 3.63) is 70.5 Å². The first kappa shape index (κ1) is 18.6. The number of hydrogen-bond donors (Lipinski definition) is 1. The van der Waals surface area contributed by atoms with Gasteiger partial charge in [-0.25, -0.2) is 4.39 Å². The van der Waals surface area contributed by atoms with Gasteiger partial charge in [0, 0.05) is 18.7 Å². The maximum Gasteiger partial charge on any atom is 0.254 e. The van der Waals surface area contributed by atoms with Gasteiger partial charge in [-0.1, -0.05) is 30.3 Å². The first-order valence-corrected chi connectivity index (χ1v) is 9.49. The Bertz CT molecular complexity index is 918. The number of rotatable bonds is 3. The average molecular weight is 382 g/mol. The van der Waals surface area contributed by atoms with Gasteiger partial charge in [-0.3, -0.25) is 9.59 Å². The smallest absolute Gasteiger partial charge is 0.254 e. The summed E-state index contributed by atoms with van der Waals surface area (Å²) in [4.78, 5) is 26.3. The zero-order chi connectivity index (χ0) is 19.7. The molecule has 2 fully saturated rings. The van der Waals surface area contributed by atoms with E-state index in [1.54, 1.807) is 17.9 Å². The molecule has 2 aliphatic heterocycles. The van der Waals surface area contributed by atoms with E-state index >= 15 is 0 Å². The third kappa shape index (κ3) is 3.64. The van der Waals surface area contributed by atoms with Gasteiger partial charge in [-0.2, -0.15) is 0 Å². The van der Waals surface area contributed by atoms with E-state index in [2.05, 4.69) is 5.32 Å². The Kier molecular flexibility index (Phi) is 4.89. The topological polar surface area (TPSA) is 58.6 Å². The number of benzene rings is 2. The number of aryl methyl sites for hydroxylation is 1. The molecule has 4 rings (SSSR count). The Morgan fingerprint density at radius 3 is 2.86 bits per heavy atom. The second kappa shape index (κ2) is 7.36. The van der Waals surface area contributed by atoms with Crippen LogP contribution in [0.5, 0.6) is 0 Å². The van der Waals surface area contributed by atoms with Gasteiger partial charge in [0.25, 0.3) is 5.91 Å². The van der Waals surface area contributed by atoms with E-state index in [4.69, 9.17) is 4.74 Å². The van der Waals surface area contributed by atoms with Gasteiger partial charge < -0.3 is 15.0 Å². The van der Waals surface area contributed by atoms with Gasteiger partial charge in [0.2, 0.25) is 5.91 Å². The normalized spacial score (nSPS) is 21.8. The summed E-state index contributed by atoms with van der Waals surface area (Å²) < 4.78 is 19.7. The third-order valence-corrected chi connectivity index (χ3v) is 5.60. The third-order valence-electron chi connectivity index (χ3n) is 5.60. The fourth-order valence-electron chi connectivity index (χ4n) is 3.88. The van der Waals surface area contributed by atoms with Gasteiger partial charge in [0.05, 0.1) is 6.54 Å². The van der Waals surface area contributed by atoms with E-state index in [-0.39, 0.29) is 24.2 Å². The van der Waals surface area contributed by atoms with E-state index in [9.17, 15) is 14.0 Å². The van der Waals surface area contributed by atoms with Crippen molar-refractivity contribution in [2.24, 2.45) is 0 Å². The van der Waals surface area contributed by atoms with E-state index < -0.39 is 5.60 Å². The summed E-state index contributed by atoms with van der Waals surface area (Å²) in [5.41, 5.74) is 2.45. The van der Waals surface area contributed by atoms with Crippen molar-refractivity contribution >= 4 is 11.8 Å². The van der Waals surface area contributed by atoms with Crippen molar-refractivity contribution < 1.29 is 18.7 Å². The molecule has 0 aliphatic carbocycles. The molecule has 0 aromatic heterocycles. The van der Waals surface area contributed by atoms with Crippen LogP contribution in [0.15, 0.2) is 42.5 Å². The summed E-state index contributed by atoms with van der Waals surface area (Å²) in [7, 11) is 0. The van der Waals surface area contributed by atoms with Crippen LogP contribution in [0, 0.1) is 12.7 Å². The lowest BCUT2D eigenvalue weighted by atomic mass is 9.98. The second-order valence-corrected chi connectivity index (χ2v) is 7.64. The first-order chi connectivity index (χ1) is 13.5. The molecule has 146 valence electrons. The number of nitrogens with one attached hydrogen (secondary N) is 1. The molecule has 2 aliphatic rings. The number of morpholine rings is 1. The summed E-state index contributed by atoms with van der Waals surface area (Å²) >= 11 is 0. The maximum absolute atomic E-state index is 13.9. The highest BCUT2D eigenvalue weighted by Crippen LogP contribution is 2.29. The molecule has 2 aromatic carbocycles. The predicted octanol–water partition coefficient (Wildman–Crippen LogP) is 2.46. The van der Waals surface area contributed by atoms with Gasteiger partial charge in [-0.15, -0.1) is 0 Å². The Hall–Kier alpha value is -2.73. The zero-order valence-corrected chi connectivity index (χ0v) is 15.8. The number of halogens is 1. The van der Waals surface area contributed by atoms with Crippen LogP contribution < -0.4 is 5.32 Å². The highest BCUT2D eigenvalue weighted by molar-refractivity contribution is 5.96. The standard InChI is InChI=1S/C22H23FN2O3/c1-15-6-7-16(11-19(15)23)10-17-4-2-3-5-18(17)21(27)25-9-8-22(14-25)13-24-20(26)12-28-22/h2-7,11H,8-10,12-14H2,1H3,(H,24,26). The van der Waals surface area contributed by atoms with Crippen LogP contribution >= 0.6 is 0 Å². The van der Waals surface area contributed by atoms with Crippen molar-refractivity contribution in [3.8, 4) is 0 Å². The van der Waals surface area contributed by atoms with E-state index in [1.165, 1.54) is 6.07 Å². The van der Waals surface area contributed by atoms with Crippen LogP contribution in [0.4, 0.5) is 4.39 Å². The molecule has 0 saturated carbocycles. The van der Waals surface area contributed by atoms with Gasteiger partial charge >= 0.3 is 0 Å². The van der Waals surface area contributed by atoms with Crippen LogP contribution in [-0.4, -0.2) is 48.6 Å². The quantitative estimate of drug-likeness (QED) is 0.887. The molecule has 5 nitrogen and oxygen atoms in total. The lowest BCUT2D eigenvalue weighted by Gasteiger charge is -2.33. The average Bonchev–Trinajstić information content (AvgIpc) is 3.11. The van der Waals surface area contributed by atoms with Crippen LogP contribution in [-0.2, 0) is 16.0 Å². The lowest BCUT2D eigenvalue weighted by molar-refractivity contribution is -0.141. The number of likely N-dealkylation sites (tertiary alicyclic amines) is 1. The van der Waals surface area contributed by atoms with Gasteiger partial charge in [0.15, 0.2) is 0 Å². The van der Waals surface area contributed by atoms with E-state index in [0.717, 1.165) is 11.1 Å². The molecular weight excluding hydrogens is 359 g/mol. The highest BCUT2D eigenvalue weighted by atomic mass is 19.1. The van der Waals surface area contributed by atoms with Crippen LogP contribution in [0.25, 0.3) is 0 Å². The molecule has 1 unspecified atom stereocenters. The Balaban J connectivity index is 1.52. The van der Waals surface area contributed by atoms with Gasteiger partial charge in [-0.05, 0) is 48.6 Å². The largest absolute Gasteiger partial charge is 0.361 e. The minimum atomic E-state index is -0.488. The molecule has 1 atom stereocenters. The summed E-state index contributed by atoms with van der Waals surface area (Å²) in [6.45, 7) is 3.24. The van der Waals surface area contributed by atoms with Gasteiger partial charge in [0.1, 0.15) is 18.0 Å². The maximum atomic E-state index is 13.9. The molecule has 2 saturated heterocycles. The fourth-order valence-corrected chi connectivity index (χ4v) is 3.88. The fraction of sp³-hybridized carbons (Fsp3) is 0.364. The van der Waals surface area contributed by atoms with Crippen LogP contribution in [0.3, 0.4) is 0 Å². The molecule has 1 N–H and O–H groups in total. The monoisotopic (exact) mass is 382 g/mol. The molecule has 0 bridgehead atoms. The van der Waals surface area contributed by atoms with Crippen molar-refractivity contribution in [3.63, 3.8) is 0 Å². The number of ether oxygens (including phenoxy) is 1. The molecule has 28 heavy (non-hydrogen) atoms. The second-order valence-electron chi connectivity index (χ2n) is 7.64. The Morgan fingerprint density at radius 2 is 2.11 bits per heavy atom. The minimum Gasteiger partial charge on any atom is -0.361 e. The summed E-state index contributed by atoms with van der Waals surface area (Å²) in [6, 6.07) is 12.6. The Labute approximate surface area is 163 Å². The van der Waals surface area contributed by atoms with E-state index in [1.807, 2.05) is 30.3 Å². The van der Waals surface area contributed by atoms with Crippen molar-refractivity contribution in [1.29, 1.82) is 0 Å². The molecule has 0 radical (unpaired) electrons. The molecular formula is C22H23FN2O3. The van der Waals surface area contributed by atoms with Crippen LogP contribution in [0.2, 0.25) is 0 Å². The number of carbonyl (C=O) groups excluding carboxylic acids is 2. The predicted molar refractivity (Wildman–Crippen MR) is 103 cm³/mol. The summed E-state index contributed by atoms with van der Waals surface area (Å²) in [5.74, 6) is -0.411. The summed E-state index contributed by atoms with van der Waals surface area (Å²) in [5, 5.41) is 2.83. The summed E-state index contributed by atoms with van der Waals surface area (Å²) in [6.07, 6.45) is 1.19. The van der Waals surface area contributed by atoms with Crippen molar-refractivity contribution in [1.82, 2.24) is 10.2 Å². The molecule has 6 heteroatoms. The molecule has 2 amide bonds. The number of carbonyl (C=O) groups is 2. The number of nitrogens with zero attached hydrogens (tertiary/aromatic N) is 1. The number of hydrogen-bond acceptors (Lipinski definition) is 3. The lowest BCUT2D eigenvalue weighted by Crippen LogP contribution is -2.54. The zero-order valence-electron chi connectivity index (χ0n) is 15.8. The Morgan fingerprint density at radius 1 is 1.29 bits per heavy atom.